The monoisotopic (exact) mass is 264 g/mol. The maximum Gasteiger partial charge on any atom is 0.134 e. The maximum atomic E-state index is 9.25. The van der Waals surface area contributed by atoms with Crippen LogP contribution in [0.25, 0.3) is 0 Å². The van der Waals surface area contributed by atoms with Crippen molar-refractivity contribution in [1.29, 1.82) is 0 Å². The minimum absolute atomic E-state index is 0.164. The second kappa shape index (κ2) is 6.70. The molecule has 0 amide bonds. The lowest BCUT2D eigenvalue weighted by Crippen LogP contribution is -2.42. The third-order valence-electron chi connectivity index (χ3n) is 3.53. The Labute approximate surface area is 115 Å². The highest BCUT2D eigenvalue weighted by Crippen LogP contribution is 2.29. The SMILES string of the molecule is CCCNc1cc(N(CCO)C2CCC2)nc(C)n1. The second-order valence-corrected chi connectivity index (χ2v) is 5.09. The van der Waals surface area contributed by atoms with Crippen LogP contribution in [0.1, 0.15) is 38.4 Å². The molecular weight excluding hydrogens is 240 g/mol. The summed E-state index contributed by atoms with van der Waals surface area (Å²) in [6.07, 6.45) is 4.74. The van der Waals surface area contributed by atoms with Gasteiger partial charge in [-0.15, -0.1) is 0 Å². The van der Waals surface area contributed by atoms with Crippen LogP contribution in [0.4, 0.5) is 11.6 Å². The van der Waals surface area contributed by atoms with Crippen molar-refractivity contribution in [2.24, 2.45) is 0 Å². The quantitative estimate of drug-likeness (QED) is 0.788. The standard InChI is InChI=1S/C14H24N4O/c1-3-7-15-13-10-14(17-11(2)16-13)18(8-9-19)12-5-4-6-12/h10,12,19H,3-9H2,1-2H3,(H,15,16,17). The van der Waals surface area contributed by atoms with Crippen molar-refractivity contribution in [2.75, 3.05) is 29.9 Å². The predicted molar refractivity (Wildman–Crippen MR) is 77.6 cm³/mol. The number of aryl methyl sites for hydroxylation is 1. The van der Waals surface area contributed by atoms with Gasteiger partial charge in [0.25, 0.3) is 0 Å². The average Bonchev–Trinajstić information content (AvgIpc) is 2.33. The number of aliphatic hydroxyl groups is 1. The first kappa shape index (κ1) is 14.1. The minimum atomic E-state index is 0.164. The van der Waals surface area contributed by atoms with Crippen LogP contribution in [0.2, 0.25) is 0 Å². The Kier molecular flexibility index (Phi) is 4.96. The lowest BCUT2D eigenvalue weighted by Gasteiger charge is -2.38. The Morgan fingerprint density at radius 2 is 2.21 bits per heavy atom. The summed E-state index contributed by atoms with van der Waals surface area (Å²) in [5, 5.41) is 12.6. The van der Waals surface area contributed by atoms with Crippen molar-refractivity contribution >= 4 is 11.6 Å². The smallest absolute Gasteiger partial charge is 0.134 e. The summed E-state index contributed by atoms with van der Waals surface area (Å²) in [5.74, 6) is 2.59. The number of nitrogens with one attached hydrogen (secondary N) is 1. The summed E-state index contributed by atoms with van der Waals surface area (Å²) in [6.45, 7) is 5.78. The highest BCUT2D eigenvalue weighted by molar-refractivity contribution is 5.50. The summed E-state index contributed by atoms with van der Waals surface area (Å²) in [4.78, 5) is 11.2. The number of hydrogen-bond acceptors (Lipinski definition) is 5. The van der Waals surface area contributed by atoms with Crippen molar-refractivity contribution in [3.8, 4) is 0 Å². The Hall–Kier alpha value is -1.36. The van der Waals surface area contributed by atoms with Crippen molar-refractivity contribution < 1.29 is 5.11 Å². The van der Waals surface area contributed by atoms with Crippen molar-refractivity contribution in [3.63, 3.8) is 0 Å². The first-order chi connectivity index (χ1) is 9.24. The zero-order chi connectivity index (χ0) is 13.7. The van der Waals surface area contributed by atoms with E-state index in [1.807, 2.05) is 13.0 Å². The molecule has 0 saturated heterocycles. The van der Waals surface area contributed by atoms with Gasteiger partial charge in [0, 0.05) is 25.2 Å². The molecule has 5 heteroatoms. The van der Waals surface area contributed by atoms with Crippen molar-refractivity contribution in [3.05, 3.63) is 11.9 Å². The van der Waals surface area contributed by atoms with Gasteiger partial charge in [0.05, 0.1) is 6.61 Å². The number of aromatic nitrogens is 2. The van der Waals surface area contributed by atoms with Gasteiger partial charge < -0.3 is 15.3 Å². The average molecular weight is 264 g/mol. The summed E-state index contributed by atoms with van der Waals surface area (Å²) in [5.41, 5.74) is 0. The molecule has 1 saturated carbocycles. The first-order valence-corrected chi connectivity index (χ1v) is 7.21. The van der Waals surface area contributed by atoms with Crippen LogP contribution in [0.5, 0.6) is 0 Å². The number of anilines is 2. The van der Waals surface area contributed by atoms with Gasteiger partial charge in [0.2, 0.25) is 0 Å². The summed E-state index contributed by atoms with van der Waals surface area (Å²) < 4.78 is 0. The molecule has 0 spiro atoms. The fraction of sp³-hybridized carbons (Fsp3) is 0.714. The number of nitrogens with zero attached hydrogens (tertiary/aromatic N) is 3. The van der Waals surface area contributed by atoms with Gasteiger partial charge in [-0.2, -0.15) is 0 Å². The molecule has 1 aliphatic rings. The predicted octanol–water partition coefficient (Wildman–Crippen LogP) is 1.96. The van der Waals surface area contributed by atoms with Crippen LogP contribution < -0.4 is 10.2 Å². The van der Waals surface area contributed by atoms with Crippen LogP contribution in [-0.2, 0) is 0 Å². The minimum Gasteiger partial charge on any atom is -0.395 e. The maximum absolute atomic E-state index is 9.25. The number of rotatable bonds is 7. The van der Waals surface area contributed by atoms with E-state index in [9.17, 15) is 5.11 Å². The fourth-order valence-electron chi connectivity index (χ4n) is 2.33. The van der Waals surface area contributed by atoms with Gasteiger partial charge in [-0.25, -0.2) is 9.97 Å². The molecule has 0 atom stereocenters. The molecule has 106 valence electrons. The third-order valence-corrected chi connectivity index (χ3v) is 3.53. The van der Waals surface area contributed by atoms with Crippen LogP contribution in [0.15, 0.2) is 6.07 Å². The third kappa shape index (κ3) is 3.56. The molecule has 0 radical (unpaired) electrons. The van der Waals surface area contributed by atoms with E-state index in [2.05, 4.69) is 27.1 Å². The largest absolute Gasteiger partial charge is 0.395 e. The molecular formula is C14H24N4O. The lowest BCUT2D eigenvalue weighted by molar-refractivity contribution is 0.283. The molecule has 0 bridgehead atoms. The molecule has 1 aromatic rings. The van der Waals surface area contributed by atoms with E-state index in [-0.39, 0.29) is 6.61 Å². The van der Waals surface area contributed by atoms with Gasteiger partial charge in [0.15, 0.2) is 0 Å². The van der Waals surface area contributed by atoms with Gasteiger partial charge in [-0.1, -0.05) is 6.92 Å². The Morgan fingerprint density at radius 3 is 2.79 bits per heavy atom. The lowest BCUT2D eigenvalue weighted by atomic mass is 9.91. The molecule has 5 nitrogen and oxygen atoms in total. The first-order valence-electron chi connectivity index (χ1n) is 7.21. The molecule has 0 unspecified atom stereocenters. The Morgan fingerprint density at radius 1 is 1.42 bits per heavy atom. The molecule has 1 aliphatic carbocycles. The van der Waals surface area contributed by atoms with E-state index in [1.165, 1.54) is 19.3 Å². The van der Waals surface area contributed by atoms with E-state index in [0.717, 1.165) is 30.4 Å². The Bertz CT molecular complexity index is 406. The van der Waals surface area contributed by atoms with Gasteiger partial charge in [-0.3, -0.25) is 0 Å². The number of hydrogen-bond donors (Lipinski definition) is 2. The molecule has 1 aromatic heterocycles. The topological polar surface area (TPSA) is 61.3 Å². The molecule has 0 aromatic carbocycles. The summed E-state index contributed by atoms with van der Waals surface area (Å²) in [7, 11) is 0. The van der Waals surface area contributed by atoms with Crippen molar-refractivity contribution in [1.82, 2.24) is 9.97 Å². The van der Waals surface area contributed by atoms with Crippen LogP contribution in [-0.4, -0.2) is 40.8 Å². The zero-order valence-corrected chi connectivity index (χ0v) is 11.9. The van der Waals surface area contributed by atoms with E-state index < -0.39 is 0 Å². The van der Waals surface area contributed by atoms with Crippen LogP contribution >= 0.6 is 0 Å². The fourth-order valence-corrected chi connectivity index (χ4v) is 2.33. The second-order valence-electron chi connectivity index (χ2n) is 5.09. The molecule has 2 N–H and O–H groups in total. The van der Waals surface area contributed by atoms with E-state index in [4.69, 9.17) is 0 Å². The zero-order valence-electron chi connectivity index (χ0n) is 11.9. The van der Waals surface area contributed by atoms with Crippen LogP contribution in [0, 0.1) is 6.92 Å². The molecule has 19 heavy (non-hydrogen) atoms. The Balaban J connectivity index is 2.17. The van der Waals surface area contributed by atoms with E-state index >= 15 is 0 Å². The molecule has 0 aliphatic heterocycles. The van der Waals surface area contributed by atoms with Crippen LogP contribution in [0.3, 0.4) is 0 Å². The number of aliphatic hydroxyl groups excluding tert-OH is 1. The highest BCUT2D eigenvalue weighted by Gasteiger charge is 2.26. The molecule has 2 rings (SSSR count). The summed E-state index contributed by atoms with van der Waals surface area (Å²) >= 11 is 0. The highest BCUT2D eigenvalue weighted by atomic mass is 16.3. The van der Waals surface area contributed by atoms with Gasteiger partial charge in [-0.05, 0) is 32.6 Å². The van der Waals surface area contributed by atoms with E-state index in [0.29, 0.717) is 12.6 Å². The van der Waals surface area contributed by atoms with Gasteiger partial charge >= 0.3 is 0 Å². The van der Waals surface area contributed by atoms with Gasteiger partial charge in [0.1, 0.15) is 17.5 Å². The molecule has 1 fully saturated rings. The van der Waals surface area contributed by atoms with E-state index in [1.54, 1.807) is 0 Å². The molecule has 1 heterocycles. The van der Waals surface area contributed by atoms with Crippen molar-refractivity contribution in [2.45, 2.75) is 45.6 Å². The normalized spacial score (nSPS) is 15.1. The summed E-state index contributed by atoms with van der Waals surface area (Å²) in [6, 6.07) is 2.52.